The zero-order chi connectivity index (χ0) is 24.4. The molecule has 1 saturated carbocycles. The van der Waals surface area contributed by atoms with E-state index < -0.39 is 29.0 Å². The van der Waals surface area contributed by atoms with Gasteiger partial charge in [0.25, 0.3) is 0 Å². The summed E-state index contributed by atoms with van der Waals surface area (Å²) in [5.41, 5.74) is -1.92. The molecule has 0 aliphatic heterocycles. The molecule has 0 radical (unpaired) electrons. The number of nitrogens with zero attached hydrogens (tertiary/aromatic N) is 1. The van der Waals surface area contributed by atoms with Gasteiger partial charge in [0.05, 0.1) is 13.2 Å². The quantitative estimate of drug-likeness (QED) is 0.233. The summed E-state index contributed by atoms with van der Waals surface area (Å²) in [6, 6.07) is -0.0669. The van der Waals surface area contributed by atoms with Gasteiger partial charge in [0, 0.05) is 12.6 Å². The molecular formula is C25H45NO6. The maximum absolute atomic E-state index is 13.2. The molecule has 0 atom stereocenters. The molecule has 0 bridgehead atoms. The summed E-state index contributed by atoms with van der Waals surface area (Å²) >= 11 is 0. The number of carbonyl (C=O) groups excluding carboxylic acids is 3. The monoisotopic (exact) mass is 455 g/mol. The van der Waals surface area contributed by atoms with E-state index >= 15 is 0 Å². The highest BCUT2D eigenvalue weighted by molar-refractivity contribution is 6.00. The number of ether oxygens (including phenoxy) is 3. The summed E-state index contributed by atoms with van der Waals surface area (Å²) in [5.74, 6) is -0.709. The molecule has 1 aliphatic carbocycles. The Labute approximate surface area is 194 Å². The highest BCUT2D eigenvalue weighted by Crippen LogP contribution is 2.40. The van der Waals surface area contributed by atoms with Gasteiger partial charge < -0.3 is 19.1 Å². The molecular weight excluding hydrogens is 410 g/mol. The molecule has 32 heavy (non-hydrogen) atoms. The Morgan fingerprint density at radius 3 is 1.91 bits per heavy atom. The number of rotatable bonds is 11. The molecule has 0 spiro atoms. The molecule has 1 aliphatic rings. The molecule has 0 aromatic rings. The van der Waals surface area contributed by atoms with Crippen molar-refractivity contribution in [3.05, 3.63) is 0 Å². The minimum absolute atomic E-state index is 0.0669. The van der Waals surface area contributed by atoms with Crippen LogP contribution in [-0.2, 0) is 23.8 Å². The number of hydrogen-bond acceptors (Lipinski definition) is 6. The molecule has 7 nitrogen and oxygen atoms in total. The first-order valence-electron chi connectivity index (χ1n) is 12.3. The van der Waals surface area contributed by atoms with E-state index in [9.17, 15) is 14.4 Å². The van der Waals surface area contributed by atoms with Crippen molar-refractivity contribution >= 4 is 18.0 Å². The Hall–Kier alpha value is -1.79. The van der Waals surface area contributed by atoms with Gasteiger partial charge in [-0.1, -0.05) is 32.1 Å². The van der Waals surface area contributed by atoms with E-state index in [1.54, 1.807) is 18.7 Å². The highest BCUT2D eigenvalue weighted by atomic mass is 16.6. The normalized spacial score (nSPS) is 15.4. The SMILES string of the molecule is CCOC(=O)C(CCCN(C(=O)OC(C)(C)C)C(C)C)(CC1CCCCC1)C(=O)OCC. The third-order valence-corrected chi connectivity index (χ3v) is 5.95. The third-order valence-electron chi connectivity index (χ3n) is 5.95. The van der Waals surface area contributed by atoms with Crippen molar-refractivity contribution in [2.45, 2.75) is 111 Å². The highest BCUT2D eigenvalue weighted by Gasteiger charge is 2.49. The fourth-order valence-corrected chi connectivity index (χ4v) is 4.41. The smallest absolute Gasteiger partial charge is 0.410 e. The van der Waals surface area contributed by atoms with Gasteiger partial charge in [0.15, 0.2) is 5.41 Å². The first kappa shape index (κ1) is 28.2. The van der Waals surface area contributed by atoms with Crippen molar-refractivity contribution in [3.8, 4) is 0 Å². The molecule has 0 heterocycles. The predicted octanol–water partition coefficient (Wildman–Crippen LogP) is 5.50. The Morgan fingerprint density at radius 2 is 1.47 bits per heavy atom. The zero-order valence-electron chi connectivity index (χ0n) is 21.3. The molecule has 0 saturated heterocycles. The molecule has 1 rings (SSSR count). The molecule has 7 heteroatoms. The van der Waals surface area contributed by atoms with E-state index in [1.807, 2.05) is 34.6 Å². The van der Waals surface area contributed by atoms with Crippen LogP contribution in [0.15, 0.2) is 0 Å². The minimum atomic E-state index is -1.33. The van der Waals surface area contributed by atoms with Crippen molar-refractivity contribution in [1.82, 2.24) is 4.90 Å². The average molecular weight is 456 g/mol. The second-order valence-electron chi connectivity index (χ2n) is 10.1. The van der Waals surface area contributed by atoms with Crippen LogP contribution in [0.5, 0.6) is 0 Å². The second-order valence-corrected chi connectivity index (χ2v) is 10.1. The molecule has 186 valence electrons. The van der Waals surface area contributed by atoms with Crippen LogP contribution in [0.3, 0.4) is 0 Å². The number of hydrogen-bond donors (Lipinski definition) is 0. The Balaban J connectivity index is 3.07. The molecule has 0 N–H and O–H groups in total. The summed E-state index contributed by atoms with van der Waals surface area (Å²) in [6.07, 6.45) is 6.26. The molecule has 1 fully saturated rings. The summed E-state index contributed by atoms with van der Waals surface area (Å²) < 4.78 is 16.3. The van der Waals surface area contributed by atoms with Gasteiger partial charge >= 0.3 is 18.0 Å². The van der Waals surface area contributed by atoms with Crippen molar-refractivity contribution < 1.29 is 28.6 Å². The van der Waals surface area contributed by atoms with Crippen LogP contribution in [0.1, 0.15) is 99.8 Å². The first-order chi connectivity index (χ1) is 15.0. The molecule has 1 amide bonds. The van der Waals surface area contributed by atoms with Gasteiger partial charge in [-0.25, -0.2) is 4.79 Å². The van der Waals surface area contributed by atoms with Gasteiger partial charge in [0.2, 0.25) is 0 Å². The lowest BCUT2D eigenvalue weighted by Gasteiger charge is -2.35. The lowest BCUT2D eigenvalue weighted by Crippen LogP contribution is -2.45. The van der Waals surface area contributed by atoms with Crippen LogP contribution in [0.2, 0.25) is 0 Å². The van der Waals surface area contributed by atoms with Crippen LogP contribution in [0.4, 0.5) is 4.79 Å². The summed E-state index contributed by atoms with van der Waals surface area (Å²) in [4.78, 5) is 40.6. The van der Waals surface area contributed by atoms with E-state index in [0.717, 1.165) is 25.7 Å². The Kier molecular flexibility index (Phi) is 11.5. The van der Waals surface area contributed by atoms with E-state index in [0.29, 0.717) is 25.3 Å². The largest absolute Gasteiger partial charge is 0.465 e. The van der Waals surface area contributed by atoms with Crippen molar-refractivity contribution in [1.29, 1.82) is 0 Å². The van der Waals surface area contributed by atoms with Gasteiger partial charge in [-0.05, 0) is 73.6 Å². The van der Waals surface area contributed by atoms with Crippen LogP contribution < -0.4 is 0 Å². The number of carbonyl (C=O) groups is 3. The second kappa shape index (κ2) is 13.0. The van der Waals surface area contributed by atoms with Crippen LogP contribution in [-0.4, -0.2) is 54.3 Å². The average Bonchev–Trinajstić information content (AvgIpc) is 2.69. The van der Waals surface area contributed by atoms with Crippen molar-refractivity contribution in [2.24, 2.45) is 11.3 Å². The maximum atomic E-state index is 13.2. The van der Waals surface area contributed by atoms with E-state index in [1.165, 1.54) is 6.42 Å². The first-order valence-corrected chi connectivity index (χ1v) is 12.3. The summed E-state index contributed by atoms with van der Waals surface area (Å²) in [7, 11) is 0. The minimum Gasteiger partial charge on any atom is -0.465 e. The fourth-order valence-electron chi connectivity index (χ4n) is 4.41. The summed E-state index contributed by atoms with van der Waals surface area (Å²) in [5, 5.41) is 0. The fraction of sp³-hybridized carbons (Fsp3) is 0.880. The van der Waals surface area contributed by atoms with Crippen LogP contribution in [0.25, 0.3) is 0 Å². The third kappa shape index (κ3) is 8.62. The topological polar surface area (TPSA) is 82.1 Å². The number of amides is 1. The van der Waals surface area contributed by atoms with Gasteiger partial charge in [0.1, 0.15) is 5.60 Å². The van der Waals surface area contributed by atoms with Gasteiger partial charge in [-0.3, -0.25) is 9.59 Å². The summed E-state index contributed by atoms with van der Waals surface area (Å²) in [6.45, 7) is 13.7. The Bertz CT molecular complexity index is 586. The van der Waals surface area contributed by atoms with Crippen molar-refractivity contribution in [2.75, 3.05) is 19.8 Å². The van der Waals surface area contributed by atoms with Crippen LogP contribution in [0, 0.1) is 11.3 Å². The van der Waals surface area contributed by atoms with Crippen molar-refractivity contribution in [3.63, 3.8) is 0 Å². The Morgan fingerprint density at radius 1 is 0.938 bits per heavy atom. The van der Waals surface area contributed by atoms with E-state index in [-0.39, 0.29) is 25.7 Å². The lowest BCUT2D eigenvalue weighted by atomic mass is 9.71. The zero-order valence-corrected chi connectivity index (χ0v) is 21.3. The molecule has 0 aromatic carbocycles. The van der Waals surface area contributed by atoms with E-state index in [2.05, 4.69) is 0 Å². The maximum Gasteiger partial charge on any atom is 0.410 e. The standard InChI is InChI=1S/C25H45NO6/c1-8-30-21(27)25(22(28)31-9-2,18-20-14-11-10-12-15-20)16-13-17-26(19(3)4)23(29)32-24(5,6)7/h19-20H,8-18H2,1-7H3. The lowest BCUT2D eigenvalue weighted by molar-refractivity contribution is -0.174. The van der Waals surface area contributed by atoms with E-state index in [4.69, 9.17) is 14.2 Å². The molecule has 0 unspecified atom stereocenters. The van der Waals surface area contributed by atoms with Gasteiger partial charge in [-0.15, -0.1) is 0 Å². The van der Waals surface area contributed by atoms with Crippen LogP contribution >= 0.6 is 0 Å². The number of esters is 2. The van der Waals surface area contributed by atoms with Gasteiger partial charge in [-0.2, -0.15) is 0 Å². The molecule has 0 aromatic heterocycles. The predicted molar refractivity (Wildman–Crippen MR) is 124 cm³/mol.